The Morgan fingerprint density at radius 1 is 1.30 bits per heavy atom. The van der Waals surface area contributed by atoms with Crippen LogP contribution in [0.25, 0.3) is 0 Å². The van der Waals surface area contributed by atoms with Crippen LogP contribution >= 0.6 is 34.9 Å². The number of carbonyl (C=O) groups excluding carboxylic acids is 3. The van der Waals surface area contributed by atoms with Crippen molar-refractivity contribution in [2.45, 2.75) is 17.5 Å². The maximum atomic E-state index is 13.4. The molecule has 5 rings (SSSR count). The van der Waals surface area contributed by atoms with Crippen molar-refractivity contribution in [2.24, 2.45) is 21.7 Å². The number of benzene rings is 1. The van der Waals surface area contributed by atoms with Gasteiger partial charge in [0.25, 0.3) is 17.0 Å². The number of nitrogens with one attached hydrogen (secondary N) is 2. The fourth-order valence-electron chi connectivity index (χ4n) is 4.50. The van der Waals surface area contributed by atoms with Crippen molar-refractivity contribution in [3.05, 3.63) is 70.3 Å². The molecule has 2 aromatic rings. The van der Waals surface area contributed by atoms with Crippen LogP contribution in [0, 0.1) is 0 Å². The number of aliphatic imine (C=N–C) groups is 1. The predicted octanol–water partition coefficient (Wildman–Crippen LogP) is -2.74. The van der Waals surface area contributed by atoms with Crippen LogP contribution in [0.15, 0.2) is 69.2 Å². The highest BCUT2D eigenvalue weighted by Crippen LogP contribution is 2.40. The van der Waals surface area contributed by atoms with Gasteiger partial charge in [0.2, 0.25) is 6.10 Å². The number of oxime groups is 1. The first-order valence-corrected chi connectivity index (χ1v) is 16.1. The molecule has 18 nitrogen and oxygen atoms in total. The van der Waals surface area contributed by atoms with Crippen molar-refractivity contribution in [3.63, 3.8) is 0 Å². The van der Waals surface area contributed by atoms with Crippen molar-refractivity contribution < 1.29 is 49.5 Å². The molecular formula is C26H25N9O9S3. The number of thiazole rings is 1. The molecular weight excluding hydrogens is 679 g/mol. The smallest absolute Gasteiger partial charge is 0.352 e. The molecule has 0 bridgehead atoms. The number of aromatic hydroxyl groups is 2. The van der Waals surface area contributed by atoms with Gasteiger partial charge in [-0.25, -0.2) is 9.78 Å². The summed E-state index contributed by atoms with van der Waals surface area (Å²) >= 11 is 3.44. The molecule has 47 heavy (non-hydrogen) atoms. The number of β-lactam (4-membered cyclic amide) rings is 1. The number of nitrogens with two attached hydrogens (primary N) is 3. The summed E-state index contributed by atoms with van der Waals surface area (Å²) in [5.41, 5.74) is 10.6. The fourth-order valence-corrected chi connectivity index (χ4v) is 7.11. The molecule has 21 heteroatoms. The number of rotatable bonds is 11. The van der Waals surface area contributed by atoms with Gasteiger partial charge in [-0.05, 0) is 29.5 Å². The molecule has 0 spiro atoms. The predicted molar refractivity (Wildman–Crippen MR) is 168 cm³/mol. The third kappa shape index (κ3) is 7.02. The van der Waals surface area contributed by atoms with E-state index in [-0.39, 0.29) is 33.7 Å². The molecule has 3 aliphatic rings. The van der Waals surface area contributed by atoms with Gasteiger partial charge in [-0.1, -0.05) is 23.4 Å². The SMILES string of the molecule is NC1=C[NH+](N)C(SC/C=C/C2=C(C(=O)[O-])N3C(=O)[C@@H](NC(=O)/C(=N\O[C@@H](C(=O)O)c4ccc(O)c(O)c4)c4csc(N)n4)[C@H]3SC2)=N1. The molecule has 1 fully saturated rings. The molecule has 0 aliphatic carbocycles. The van der Waals surface area contributed by atoms with E-state index in [9.17, 15) is 39.6 Å². The summed E-state index contributed by atoms with van der Waals surface area (Å²) in [4.78, 5) is 64.9. The number of phenolic OH excluding ortho intramolecular Hbond substituents is 2. The van der Waals surface area contributed by atoms with E-state index >= 15 is 0 Å². The number of aromatic nitrogens is 1. The first kappa shape index (κ1) is 33.3. The number of hydrogen-bond acceptors (Lipinski definition) is 17. The number of nitrogen functional groups attached to an aromatic ring is 1. The van der Waals surface area contributed by atoms with E-state index in [1.165, 1.54) is 41.2 Å². The number of thioether (sulfide) groups is 2. The summed E-state index contributed by atoms with van der Waals surface area (Å²) in [5.74, 6) is 0.711. The molecule has 0 radical (unpaired) electrons. The lowest BCUT2D eigenvalue weighted by molar-refractivity contribution is -0.753. The third-order valence-electron chi connectivity index (χ3n) is 6.65. The normalized spacial score (nSPS) is 21.6. The second-order valence-corrected chi connectivity index (χ2v) is 12.8. The lowest BCUT2D eigenvalue weighted by Crippen LogP contribution is -3.14. The number of amides is 2. The van der Waals surface area contributed by atoms with Crippen LogP contribution in [0.4, 0.5) is 5.13 Å². The number of quaternary nitrogens is 1. The largest absolute Gasteiger partial charge is 0.543 e. The monoisotopic (exact) mass is 703 g/mol. The number of fused-ring (bicyclic) bond motifs is 1. The van der Waals surface area contributed by atoms with Crippen LogP contribution < -0.4 is 32.7 Å². The van der Waals surface area contributed by atoms with Gasteiger partial charge < -0.3 is 46.8 Å². The zero-order valence-electron chi connectivity index (χ0n) is 23.7. The van der Waals surface area contributed by atoms with Crippen molar-refractivity contribution >= 4 is 74.6 Å². The quantitative estimate of drug-likeness (QED) is 0.0387. The number of carboxylic acid groups (broad SMARTS) is 2. The van der Waals surface area contributed by atoms with Crippen molar-refractivity contribution in [1.82, 2.24) is 15.2 Å². The van der Waals surface area contributed by atoms with E-state index in [4.69, 9.17) is 22.1 Å². The Labute approximate surface area is 276 Å². The molecule has 4 heterocycles. The number of carbonyl (C=O) groups is 4. The summed E-state index contributed by atoms with van der Waals surface area (Å²) < 4.78 is 0. The van der Waals surface area contributed by atoms with Gasteiger partial charge in [0.1, 0.15) is 17.1 Å². The number of aliphatic carboxylic acids is 2. The van der Waals surface area contributed by atoms with Gasteiger partial charge in [-0.3, -0.25) is 14.5 Å². The molecule has 3 aliphatic heterocycles. The van der Waals surface area contributed by atoms with E-state index in [0.29, 0.717) is 21.5 Å². The van der Waals surface area contributed by atoms with Gasteiger partial charge >= 0.3 is 5.97 Å². The average Bonchev–Trinajstić information content (AvgIpc) is 3.59. The van der Waals surface area contributed by atoms with Gasteiger partial charge in [0.05, 0.1) is 11.7 Å². The topological polar surface area (TPSA) is 297 Å². The Morgan fingerprint density at radius 3 is 2.68 bits per heavy atom. The van der Waals surface area contributed by atoms with Crippen LogP contribution in [0.3, 0.4) is 0 Å². The first-order chi connectivity index (χ1) is 22.3. The molecule has 1 aromatic carbocycles. The Hall–Kier alpha value is -5.09. The lowest BCUT2D eigenvalue weighted by Gasteiger charge is -2.50. The molecule has 0 saturated carbocycles. The van der Waals surface area contributed by atoms with E-state index in [0.717, 1.165) is 28.4 Å². The summed E-state index contributed by atoms with van der Waals surface area (Å²) in [7, 11) is 0. The van der Waals surface area contributed by atoms with Crippen LogP contribution in [-0.2, 0) is 24.0 Å². The summed E-state index contributed by atoms with van der Waals surface area (Å²) in [6.07, 6.45) is 2.94. The highest BCUT2D eigenvalue weighted by atomic mass is 32.2. The number of hydrogen-bond donors (Lipinski definition) is 8. The minimum Gasteiger partial charge on any atom is -0.543 e. The summed E-state index contributed by atoms with van der Waals surface area (Å²) in [5, 5.41) is 48.9. The second kappa shape index (κ2) is 13.7. The number of amidine groups is 1. The zero-order valence-corrected chi connectivity index (χ0v) is 26.2. The Morgan fingerprint density at radius 2 is 2.06 bits per heavy atom. The molecule has 11 N–H and O–H groups in total. The van der Waals surface area contributed by atoms with Gasteiger partial charge in [-0.15, -0.1) is 23.1 Å². The standard InChI is InChI=1S/C26H25N9O9S3/c27-15-7-34(29)26(31-15)45-5-1-2-11-8-46-22-17(21(39)35(22)18(11)23(40)41)32-20(38)16(12-9-47-25(28)30-12)33-44-19(24(42)43)10-3-4-13(36)14(37)6-10/h1-4,6-7,9,17,19,22,36-37H,5,8,27,29H2,(H2,28,30)(H,32,38)(H,40,41)(H,42,43)/b2-1+,33-16-/t17-,19-,22-/m1/s1. The molecule has 2 amide bonds. The highest BCUT2D eigenvalue weighted by Gasteiger charge is 2.53. The Kier molecular flexibility index (Phi) is 9.72. The number of phenols is 2. The van der Waals surface area contributed by atoms with E-state index in [2.05, 4.69) is 20.4 Å². The molecule has 1 saturated heterocycles. The van der Waals surface area contributed by atoms with Gasteiger partial charge in [0, 0.05) is 22.4 Å². The fraction of sp³-hybridized carbons (Fsp3) is 0.192. The minimum absolute atomic E-state index is 0.0498. The van der Waals surface area contributed by atoms with Gasteiger partial charge in [-0.2, -0.15) is 15.8 Å². The molecule has 246 valence electrons. The maximum absolute atomic E-state index is 13.4. The van der Waals surface area contributed by atoms with Crippen molar-refractivity contribution in [2.75, 3.05) is 17.2 Å². The Bertz CT molecular complexity index is 1810. The number of nitrogens with zero attached hydrogens (tertiary/aromatic N) is 4. The van der Waals surface area contributed by atoms with E-state index in [1.54, 1.807) is 12.2 Å². The maximum Gasteiger partial charge on any atom is 0.352 e. The summed E-state index contributed by atoms with van der Waals surface area (Å²) in [6.45, 7) is 0. The van der Waals surface area contributed by atoms with Crippen molar-refractivity contribution in [1.29, 1.82) is 0 Å². The van der Waals surface area contributed by atoms with Crippen LogP contribution in [0.1, 0.15) is 17.4 Å². The zero-order chi connectivity index (χ0) is 34.0. The van der Waals surface area contributed by atoms with Crippen LogP contribution in [0.5, 0.6) is 11.5 Å². The Balaban J connectivity index is 1.31. The number of anilines is 1. The number of allylic oxidation sites excluding steroid dienone is 1. The second-order valence-electron chi connectivity index (χ2n) is 9.76. The summed E-state index contributed by atoms with van der Waals surface area (Å²) in [6, 6.07) is 1.97. The van der Waals surface area contributed by atoms with Gasteiger partial charge in [0.15, 0.2) is 34.4 Å². The van der Waals surface area contributed by atoms with Crippen LogP contribution in [0.2, 0.25) is 0 Å². The highest BCUT2D eigenvalue weighted by molar-refractivity contribution is 8.13. The van der Waals surface area contributed by atoms with Crippen LogP contribution in [-0.4, -0.2) is 82.8 Å². The average molecular weight is 704 g/mol. The minimum atomic E-state index is -1.83. The number of carboxylic acids is 2. The van der Waals surface area contributed by atoms with Crippen molar-refractivity contribution in [3.8, 4) is 11.5 Å². The molecule has 1 aromatic heterocycles. The van der Waals surface area contributed by atoms with E-state index in [1.807, 2.05) is 0 Å². The molecule has 1 unspecified atom stereocenters. The third-order valence-corrected chi connectivity index (χ3v) is 9.59. The first-order valence-electron chi connectivity index (χ1n) is 13.2. The molecule has 4 atom stereocenters. The van der Waals surface area contributed by atoms with E-state index < -0.39 is 58.5 Å². The lowest BCUT2D eigenvalue weighted by atomic mass is 10.0.